The number of benzene rings is 1. The fourth-order valence-electron chi connectivity index (χ4n) is 1.56. The first kappa shape index (κ1) is 14.1. The summed E-state index contributed by atoms with van der Waals surface area (Å²) in [5.74, 6) is -1.03. The van der Waals surface area contributed by atoms with Crippen LogP contribution in [-0.2, 0) is 25.1 Å². The van der Waals surface area contributed by atoms with Crippen molar-refractivity contribution in [3.05, 3.63) is 29.8 Å². The Bertz CT molecular complexity index is 454. The molecule has 0 spiro atoms. The number of methoxy groups -OCH3 is 2. The van der Waals surface area contributed by atoms with Crippen molar-refractivity contribution in [2.24, 2.45) is 5.73 Å². The smallest absolute Gasteiger partial charge is 0.207 e. The molecule has 0 saturated heterocycles. The van der Waals surface area contributed by atoms with Crippen molar-refractivity contribution in [1.82, 2.24) is 0 Å². The lowest BCUT2D eigenvalue weighted by Crippen LogP contribution is -2.38. The third-order valence-corrected chi connectivity index (χ3v) is 3.78. The van der Waals surface area contributed by atoms with E-state index in [4.69, 9.17) is 15.2 Å². The van der Waals surface area contributed by atoms with Gasteiger partial charge < -0.3 is 15.2 Å². The summed E-state index contributed by atoms with van der Waals surface area (Å²) >= 11 is 0. The minimum absolute atomic E-state index is 0.137. The molecule has 0 radical (unpaired) electrons. The Morgan fingerprint density at radius 3 is 1.94 bits per heavy atom. The first-order chi connectivity index (χ1) is 7.89. The van der Waals surface area contributed by atoms with Crippen LogP contribution in [0.1, 0.15) is 5.56 Å². The van der Waals surface area contributed by atoms with Gasteiger partial charge in [0.25, 0.3) is 0 Å². The maximum Gasteiger partial charge on any atom is 0.207 e. The van der Waals surface area contributed by atoms with Crippen LogP contribution in [0, 0.1) is 0 Å². The third-order valence-electron chi connectivity index (χ3n) is 2.65. The molecular weight excluding hydrogens is 242 g/mol. The lowest BCUT2D eigenvalue weighted by molar-refractivity contribution is -0.207. The van der Waals surface area contributed by atoms with E-state index in [1.807, 2.05) is 0 Å². The topological polar surface area (TPSA) is 78.6 Å². The zero-order valence-corrected chi connectivity index (χ0v) is 11.0. The van der Waals surface area contributed by atoms with Crippen molar-refractivity contribution < 1.29 is 17.9 Å². The average Bonchev–Trinajstić information content (AvgIpc) is 2.32. The van der Waals surface area contributed by atoms with E-state index in [0.29, 0.717) is 5.56 Å². The van der Waals surface area contributed by atoms with Gasteiger partial charge in [-0.3, -0.25) is 0 Å². The van der Waals surface area contributed by atoms with Crippen LogP contribution in [0.2, 0.25) is 0 Å². The molecule has 0 unspecified atom stereocenters. The standard InChI is InChI=1S/C11H17NO4S/c1-15-11(8-12,16-2)9-4-6-10(7-5-9)17(3,13)14/h4-7H,8,12H2,1-3H3. The van der Waals surface area contributed by atoms with Gasteiger partial charge in [-0.25, -0.2) is 8.42 Å². The summed E-state index contributed by atoms with van der Waals surface area (Å²) in [5.41, 5.74) is 6.29. The predicted molar refractivity (Wildman–Crippen MR) is 64.3 cm³/mol. The Balaban J connectivity index is 3.18. The summed E-state index contributed by atoms with van der Waals surface area (Å²) in [5, 5.41) is 0. The molecule has 1 aromatic rings. The van der Waals surface area contributed by atoms with Crippen molar-refractivity contribution in [3.63, 3.8) is 0 Å². The Morgan fingerprint density at radius 2 is 1.65 bits per heavy atom. The average molecular weight is 259 g/mol. The molecule has 0 saturated carbocycles. The highest BCUT2D eigenvalue weighted by molar-refractivity contribution is 7.90. The fourth-order valence-corrected chi connectivity index (χ4v) is 2.19. The van der Waals surface area contributed by atoms with E-state index < -0.39 is 15.6 Å². The first-order valence-corrected chi connectivity index (χ1v) is 6.90. The van der Waals surface area contributed by atoms with Gasteiger partial charge in [0, 0.05) is 26.0 Å². The van der Waals surface area contributed by atoms with Crippen LogP contribution in [-0.4, -0.2) is 35.4 Å². The number of hydrogen-bond donors (Lipinski definition) is 1. The monoisotopic (exact) mass is 259 g/mol. The highest BCUT2D eigenvalue weighted by atomic mass is 32.2. The number of nitrogens with two attached hydrogens (primary N) is 1. The maximum absolute atomic E-state index is 11.3. The van der Waals surface area contributed by atoms with Crippen LogP contribution in [0.3, 0.4) is 0 Å². The van der Waals surface area contributed by atoms with Crippen molar-refractivity contribution in [2.45, 2.75) is 10.7 Å². The van der Waals surface area contributed by atoms with Crippen molar-refractivity contribution in [2.75, 3.05) is 27.0 Å². The van der Waals surface area contributed by atoms with Crippen LogP contribution >= 0.6 is 0 Å². The second-order valence-corrected chi connectivity index (χ2v) is 5.68. The highest BCUT2D eigenvalue weighted by Gasteiger charge is 2.30. The molecule has 0 heterocycles. The van der Waals surface area contributed by atoms with Crippen molar-refractivity contribution in [3.8, 4) is 0 Å². The van der Waals surface area contributed by atoms with Gasteiger partial charge in [0.05, 0.1) is 11.4 Å². The zero-order chi connectivity index (χ0) is 13.1. The lowest BCUT2D eigenvalue weighted by atomic mass is 10.1. The van der Waals surface area contributed by atoms with E-state index in [1.165, 1.54) is 26.4 Å². The summed E-state index contributed by atoms with van der Waals surface area (Å²) in [7, 11) is -0.224. The lowest BCUT2D eigenvalue weighted by Gasteiger charge is -2.29. The molecule has 96 valence electrons. The quantitative estimate of drug-likeness (QED) is 0.779. The summed E-state index contributed by atoms with van der Waals surface area (Å²) in [4.78, 5) is 0.249. The van der Waals surface area contributed by atoms with Crippen LogP contribution in [0.15, 0.2) is 29.2 Å². The Labute approximate surface area is 101 Å². The third kappa shape index (κ3) is 2.84. The number of hydrogen-bond acceptors (Lipinski definition) is 5. The van der Waals surface area contributed by atoms with Gasteiger partial charge in [0.15, 0.2) is 9.84 Å². The van der Waals surface area contributed by atoms with Gasteiger partial charge in [0.2, 0.25) is 5.79 Å². The molecule has 2 N–H and O–H groups in total. The highest BCUT2D eigenvalue weighted by Crippen LogP contribution is 2.25. The minimum atomic E-state index is -3.20. The van der Waals surface area contributed by atoms with Crippen molar-refractivity contribution >= 4 is 9.84 Å². The van der Waals surface area contributed by atoms with Crippen LogP contribution in [0.4, 0.5) is 0 Å². The van der Waals surface area contributed by atoms with Crippen LogP contribution < -0.4 is 5.73 Å². The predicted octanol–water partition coefficient (Wildman–Crippen LogP) is 0.494. The molecule has 0 aliphatic rings. The fraction of sp³-hybridized carbons (Fsp3) is 0.455. The molecule has 0 fully saturated rings. The molecule has 0 aliphatic carbocycles. The van der Waals surface area contributed by atoms with E-state index in [2.05, 4.69) is 0 Å². The van der Waals surface area contributed by atoms with E-state index in [1.54, 1.807) is 12.1 Å². The second-order valence-electron chi connectivity index (χ2n) is 3.66. The Morgan fingerprint density at radius 1 is 1.18 bits per heavy atom. The van der Waals surface area contributed by atoms with Gasteiger partial charge in [0.1, 0.15) is 0 Å². The van der Waals surface area contributed by atoms with Gasteiger partial charge in [-0.05, 0) is 12.1 Å². The molecular formula is C11H17NO4S. The summed E-state index contributed by atoms with van der Waals surface area (Å²) in [6.07, 6.45) is 1.16. The van der Waals surface area contributed by atoms with Gasteiger partial charge in [-0.2, -0.15) is 0 Å². The molecule has 1 aromatic carbocycles. The molecule has 0 aliphatic heterocycles. The normalized spacial score (nSPS) is 12.7. The van der Waals surface area contributed by atoms with Gasteiger partial charge in [-0.15, -0.1) is 0 Å². The number of sulfone groups is 1. The molecule has 6 heteroatoms. The molecule has 0 atom stereocenters. The first-order valence-electron chi connectivity index (χ1n) is 5.00. The number of rotatable bonds is 5. The van der Waals surface area contributed by atoms with E-state index in [0.717, 1.165) is 6.26 Å². The van der Waals surface area contributed by atoms with Gasteiger partial charge in [-0.1, -0.05) is 12.1 Å². The molecule has 1 rings (SSSR count). The van der Waals surface area contributed by atoms with Crippen LogP contribution in [0.25, 0.3) is 0 Å². The molecule has 0 amide bonds. The largest absolute Gasteiger partial charge is 0.348 e. The SMILES string of the molecule is COC(CN)(OC)c1ccc(S(C)(=O)=O)cc1. The Hall–Kier alpha value is -0.950. The summed E-state index contributed by atoms with van der Waals surface area (Å²) in [6.45, 7) is 0.137. The molecule has 17 heavy (non-hydrogen) atoms. The summed E-state index contributed by atoms with van der Waals surface area (Å²) < 4.78 is 33.1. The van der Waals surface area contributed by atoms with Gasteiger partial charge >= 0.3 is 0 Å². The van der Waals surface area contributed by atoms with Crippen molar-refractivity contribution in [1.29, 1.82) is 0 Å². The molecule has 0 bridgehead atoms. The number of ether oxygens (including phenoxy) is 2. The summed E-state index contributed by atoms with van der Waals surface area (Å²) in [6, 6.07) is 6.28. The maximum atomic E-state index is 11.3. The second kappa shape index (κ2) is 5.14. The van der Waals surface area contributed by atoms with E-state index in [9.17, 15) is 8.42 Å². The van der Waals surface area contributed by atoms with E-state index in [-0.39, 0.29) is 11.4 Å². The molecule has 5 nitrogen and oxygen atoms in total. The van der Waals surface area contributed by atoms with Crippen LogP contribution in [0.5, 0.6) is 0 Å². The van der Waals surface area contributed by atoms with E-state index >= 15 is 0 Å². The Kier molecular flexibility index (Phi) is 4.26. The molecule has 0 aromatic heterocycles. The minimum Gasteiger partial charge on any atom is -0.348 e. The zero-order valence-electron chi connectivity index (χ0n) is 10.1.